The SMILES string of the molecule is CN(c1ncc(-c2ccc(-n3ccnc3)cc2O)nn1)[C@H]1C[C@@H]2CC[C@@H](N2)[C@H]1F. The van der Waals surface area contributed by atoms with Crippen LogP contribution in [0.2, 0.25) is 0 Å². The maximum Gasteiger partial charge on any atom is 0.245 e. The minimum Gasteiger partial charge on any atom is -0.507 e. The van der Waals surface area contributed by atoms with E-state index in [4.69, 9.17) is 0 Å². The first-order valence-electron chi connectivity index (χ1n) is 9.74. The Morgan fingerprint density at radius 1 is 1.28 bits per heavy atom. The lowest BCUT2D eigenvalue weighted by atomic mass is 9.97. The molecule has 2 N–H and O–H groups in total. The summed E-state index contributed by atoms with van der Waals surface area (Å²) >= 11 is 0. The highest BCUT2D eigenvalue weighted by atomic mass is 19.1. The molecule has 2 aliphatic rings. The molecule has 0 aliphatic carbocycles. The molecule has 0 radical (unpaired) electrons. The van der Waals surface area contributed by atoms with Gasteiger partial charge in [0, 0.05) is 43.2 Å². The molecule has 2 saturated heterocycles. The van der Waals surface area contributed by atoms with Gasteiger partial charge in [-0.15, -0.1) is 10.2 Å². The smallest absolute Gasteiger partial charge is 0.245 e. The van der Waals surface area contributed by atoms with Gasteiger partial charge < -0.3 is 19.9 Å². The lowest BCUT2D eigenvalue weighted by Crippen LogP contribution is -2.55. The summed E-state index contributed by atoms with van der Waals surface area (Å²) in [7, 11) is 1.82. The molecule has 0 spiro atoms. The molecule has 2 bridgehead atoms. The Bertz CT molecular complexity index is 995. The number of nitrogens with one attached hydrogen (secondary N) is 1. The molecule has 9 heteroatoms. The minimum absolute atomic E-state index is 0.0761. The standard InChI is InChI=1S/C20H22FN7O/c1-27(17-8-12-2-5-15(24-12)19(17)21)20-23-10-16(25-26-20)14-4-3-13(9-18(14)29)28-7-6-22-11-28/h3-4,6-7,9-12,15,17,19,24,29H,2,5,8H2,1H3/t12-,15+,17-,19+/m0/s1. The van der Waals surface area contributed by atoms with Crippen molar-refractivity contribution in [3.05, 3.63) is 43.1 Å². The van der Waals surface area contributed by atoms with E-state index >= 15 is 0 Å². The second kappa shape index (κ2) is 7.07. The Labute approximate surface area is 167 Å². The van der Waals surface area contributed by atoms with Crippen LogP contribution in [0.25, 0.3) is 16.9 Å². The van der Waals surface area contributed by atoms with Gasteiger partial charge >= 0.3 is 0 Å². The number of anilines is 1. The van der Waals surface area contributed by atoms with Crippen LogP contribution in [-0.4, -0.2) is 61.2 Å². The van der Waals surface area contributed by atoms with Crippen LogP contribution in [0.1, 0.15) is 19.3 Å². The highest BCUT2D eigenvalue weighted by molar-refractivity contribution is 5.68. The summed E-state index contributed by atoms with van der Waals surface area (Å²) in [5, 5.41) is 22.2. The van der Waals surface area contributed by atoms with Crippen molar-refractivity contribution in [2.75, 3.05) is 11.9 Å². The molecular formula is C20H22FN7O. The number of halogens is 1. The van der Waals surface area contributed by atoms with Gasteiger partial charge in [0.25, 0.3) is 0 Å². The normalized spacial score (nSPS) is 25.9. The molecule has 4 atom stereocenters. The molecule has 5 rings (SSSR count). The topological polar surface area (TPSA) is 92.0 Å². The van der Waals surface area contributed by atoms with E-state index in [1.165, 1.54) is 0 Å². The molecule has 4 heterocycles. The van der Waals surface area contributed by atoms with Crippen LogP contribution in [0.5, 0.6) is 5.75 Å². The van der Waals surface area contributed by atoms with Crippen molar-refractivity contribution in [2.45, 2.75) is 43.6 Å². The summed E-state index contributed by atoms with van der Waals surface area (Å²) in [6, 6.07) is 5.28. The van der Waals surface area contributed by atoms with Gasteiger partial charge in [-0.2, -0.15) is 0 Å². The second-order valence-corrected chi connectivity index (χ2v) is 7.72. The van der Waals surface area contributed by atoms with Crippen molar-refractivity contribution in [3.63, 3.8) is 0 Å². The van der Waals surface area contributed by atoms with E-state index in [0.29, 0.717) is 23.2 Å². The first kappa shape index (κ1) is 18.0. The first-order valence-corrected chi connectivity index (χ1v) is 9.74. The van der Waals surface area contributed by atoms with Gasteiger partial charge in [0.2, 0.25) is 5.95 Å². The molecule has 2 fully saturated rings. The van der Waals surface area contributed by atoms with Crippen molar-refractivity contribution >= 4 is 5.95 Å². The van der Waals surface area contributed by atoms with E-state index in [9.17, 15) is 9.50 Å². The fourth-order valence-electron chi connectivity index (χ4n) is 4.36. The van der Waals surface area contributed by atoms with Crippen molar-refractivity contribution in [3.8, 4) is 22.7 Å². The third-order valence-electron chi connectivity index (χ3n) is 5.98. The number of imidazole rings is 1. The summed E-state index contributed by atoms with van der Waals surface area (Å²) in [6.07, 6.45) is 8.36. The Hall–Kier alpha value is -3.07. The summed E-state index contributed by atoms with van der Waals surface area (Å²) < 4.78 is 16.6. The Morgan fingerprint density at radius 3 is 2.90 bits per heavy atom. The molecule has 0 unspecified atom stereocenters. The van der Waals surface area contributed by atoms with Gasteiger partial charge in [0.05, 0.1) is 24.3 Å². The van der Waals surface area contributed by atoms with Gasteiger partial charge in [-0.1, -0.05) is 0 Å². The van der Waals surface area contributed by atoms with Crippen LogP contribution in [0, 0.1) is 0 Å². The lowest BCUT2D eigenvalue weighted by Gasteiger charge is -2.38. The number of phenolic OH excluding ortho intramolecular Hbond substituents is 1. The minimum atomic E-state index is -0.957. The number of piperidine rings is 1. The highest BCUT2D eigenvalue weighted by Crippen LogP contribution is 2.33. The number of benzene rings is 1. The molecule has 1 aromatic carbocycles. The van der Waals surface area contributed by atoms with Gasteiger partial charge in [-0.25, -0.2) is 14.4 Å². The highest BCUT2D eigenvalue weighted by Gasteiger charge is 2.44. The number of fused-ring (bicyclic) bond motifs is 2. The number of aromatic nitrogens is 5. The van der Waals surface area contributed by atoms with Crippen LogP contribution >= 0.6 is 0 Å². The molecule has 150 valence electrons. The second-order valence-electron chi connectivity index (χ2n) is 7.72. The molecule has 29 heavy (non-hydrogen) atoms. The summed E-state index contributed by atoms with van der Waals surface area (Å²) in [5.74, 6) is 0.462. The zero-order chi connectivity index (χ0) is 20.0. The van der Waals surface area contributed by atoms with Crippen molar-refractivity contribution in [1.82, 2.24) is 30.0 Å². The molecular weight excluding hydrogens is 373 g/mol. The van der Waals surface area contributed by atoms with Crippen molar-refractivity contribution in [2.24, 2.45) is 0 Å². The van der Waals surface area contributed by atoms with Gasteiger partial charge in [-0.3, -0.25) is 0 Å². The Balaban J connectivity index is 1.36. The number of rotatable bonds is 4. The third-order valence-corrected chi connectivity index (χ3v) is 5.98. The van der Waals surface area contributed by atoms with E-state index in [1.807, 2.05) is 13.1 Å². The molecule has 2 aromatic heterocycles. The third kappa shape index (κ3) is 3.21. The van der Waals surface area contributed by atoms with E-state index in [0.717, 1.165) is 24.9 Å². The van der Waals surface area contributed by atoms with Crippen molar-refractivity contribution < 1.29 is 9.50 Å². The van der Waals surface area contributed by atoms with Crippen LogP contribution in [0.4, 0.5) is 10.3 Å². The summed E-state index contributed by atoms with van der Waals surface area (Å²) in [4.78, 5) is 10.2. The van der Waals surface area contributed by atoms with E-state index in [2.05, 4.69) is 25.5 Å². The molecule has 3 aromatic rings. The fraction of sp³-hybridized carbons (Fsp3) is 0.400. The van der Waals surface area contributed by atoms with Crippen LogP contribution in [0.15, 0.2) is 43.1 Å². The summed E-state index contributed by atoms with van der Waals surface area (Å²) in [6.45, 7) is 0. The van der Waals surface area contributed by atoms with Crippen molar-refractivity contribution in [1.29, 1.82) is 0 Å². The number of nitrogens with zero attached hydrogens (tertiary/aromatic N) is 6. The predicted octanol–water partition coefficient (Wildman–Crippen LogP) is 2.10. The Morgan fingerprint density at radius 2 is 2.17 bits per heavy atom. The van der Waals surface area contributed by atoms with E-state index in [1.54, 1.807) is 46.5 Å². The zero-order valence-corrected chi connectivity index (χ0v) is 16.0. The average molecular weight is 395 g/mol. The zero-order valence-electron chi connectivity index (χ0n) is 16.0. The number of phenols is 1. The predicted molar refractivity (Wildman–Crippen MR) is 106 cm³/mol. The van der Waals surface area contributed by atoms with E-state index < -0.39 is 6.17 Å². The van der Waals surface area contributed by atoms with E-state index in [-0.39, 0.29) is 17.8 Å². The molecule has 2 aliphatic heterocycles. The van der Waals surface area contributed by atoms with Gasteiger partial charge in [0.1, 0.15) is 17.6 Å². The fourth-order valence-corrected chi connectivity index (χ4v) is 4.36. The molecule has 0 amide bonds. The monoisotopic (exact) mass is 395 g/mol. The van der Waals surface area contributed by atoms with Crippen LogP contribution < -0.4 is 10.2 Å². The number of aromatic hydroxyl groups is 1. The number of hydrogen-bond acceptors (Lipinski definition) is 7. The lowest BCUT2D eigenvalue weighted by molar-refractivity contribution is 0.175. The molecule has 8 nitrogen and oxygen atoms in total. The van der Waals surface area contributed by atoms with Gasteiger partial charge in [0.15, 0.2) is 0 Å². The molecule has 0 saturated carbocycles. The maximum absolute atomic E-state index is 14.8. The Kier molecular flexibility index (Phi) is 4.39. The number of alkyl halides is 1. The van der Waals surface area contributed by atoms with Crippen LogP contribution in [-0.2, 0) is 0 Å². The largest absolute Gasteiger partial charge is 0.507 e. The first-order chi connectivity index (χ1) is 14.1. The maximum atomic E-state index is 14.8. The number of hydrogen-bond donors (Lipinski definition) is 2. The quantitative estimate of drug-likeness (QED) is 0.699. The summed E-state index contributed by atoms with van der Waals surface area (Å²) in [5.41, 5.74) is 1.78. The average Bonchev–Trinajstić information content (AvgIpc) is 3.41. The van der Waals surface area contributed by atoms with Crippen LogP contribution in [0.3, 0.4) is 0 Å². The van der Waals surface area contributed by atoms with Gasteiger partial charge in [-0.05, 0) is 31.4 Å².